The second-order valence-corrected chi connectivity index (χ2v) is 11.6. The normalized spacial score (nSPS) is 19.6. The van der Waals surface area contributed by atoms with Crippen molar-refractivity contribution in [1.29, 1.82) is 0 Å². The number of carbonyl (C=O) groups excluding carboxylic acids is 4. The van der Waals surface area contributed by atoms with Crippen LogP contribution in [0.25, 0.3) is 0 Å². The molecular formula is C34H43N3O14. The molecule has 2 aromatic carbocycles. The van der Waals surface area contributed by atoms with Gasteiger partial charge < -0.3 is 33.7 Å². The average molecular weight is 718 g/mol. The molecule has 1 N–H and O–H groups in total. The number of nitrogens with zero attached hydrogens (tertiary/aromatic N) is 2. The molecule has 1 heterocycles. The standard InChI is InChI=1S/C34H43N3O14/c1-5-9-27(38)46-20-26-31(49-28(39)10-6-2)32(50-29(40)11-7-3)33(51-30(41)12-8-4)34(48-26)47-23-16-13-21(14-17-23)35-24-18-15-22(36(42)43)19-25(24)37(44)45/h13-19,26,31-35H,5-12,20H2,1-4H3. The van der Waals surface area contributed by atoms with E-state index in [9.17, 15) is 39.4 Å². The van der Waals surface area contributed by atoms with Crippen molar-refractivity contribution >= 4 is 46.6 Å². The highest BCUT2D eigenvalue weighted by atomic mass is 16.7. The molecule has 3 rings (SSSR count). The largest absolute Gasteiger partial charge is 0.463 e. The number of hydrogen-bond acceptors (Lipinski definition) is 15. The maximum atomic E-state index is 12.9. The summed E-state index contributed by atoms with van der Waals surface area (Å²) in [5.74, 6) is -2.34. The molecule has 17 nitrogen and oxygen atoms in total. The summed E-state index contributed by atoms with van der Waals surface area (Å²) in [7, 11) is 0. The van der Waals surface area contributed by atoms with Gasteiger partial charge in [0.05, 0.1) is 15.9 Å². The van der Waals surface area contributed by atoms with Crippen LogP contribution < -0.4 is 10.1 Å². The fourth-order valence-electron chi connectivity index (χ4n) is 5.00. The molecule has 0 radical (unpaired) electrons. The Morgan fingerprint density at radius 3 is 1.76 bits per heavy atom. The van der Waals surface area contributed by atoms with Gasteiger partial charge in [-0.15, -0.1) is 0 Å². The van der Waals surface area contributed by atoms with Crippen LogP contribution in [0.3, 0.4) is 0 Å². The van der Waals surface area contributed by atoms with Gasteiger partial charge >= 0.3 is 23.9 Å². The van der Waals surface area contributed by atoms with Crippen molar-refractivity contribution in [3.63, 3.8) is 0 Å². The minimum absolute atomic E-state index is 0.00126. The van der Waals surface area contributed by atoms with Crippen LogP contribution in [0.4, 0.5) is 22.7 Å². The summed E-state index contributed by atoms with van der Waals surface area (Å²) in [6.45, 7) is 6.70. The van der Waals surface area contributed by atoms with Crippen LogP contribution >= 0.6 is 0 Å². The van der Waals surface area contributed by atoms with Gasteiger partial charge in [-0.25, -0.2) is 0 Å². The molecule has 51 heavy (non-hydrogen) atoms. The minimum atomic E-state index is -1.46. The van der Waals surface area contributed by atoms with E-state index in [4.69, 9.17) is 28.4 Å². The molecule has 5 atom stereocenters. The molecule has 5 unspecified atom stereocenters. The van der Waals surface area contributed by atoms with Gasteiger partial charge in [-0.3, -0.25) is 39.4 Å². The highest BCUT2D eigenvalue weighted by Gasteiger charge is 2.54. The molecule has 0 bridgehead atoms. The summed E-state index contributed by atoms with van der Waals surface area (Å²) in [6.07, 6.45) is -4.88. The Hall–Kier alpha value is -5.32. The third kappa shape index (κ3) is 11.9. The lowest BCUT2D eigenvalue weighted by Crippen LogP contribution is -2.63. The second kappa shape index (κ2) is 19.8. The molecule has 0 aliphatic carbocycles. The van der Waals surface area contributed by atoms with Crippen LogP contribution in [0.15, 0.2) is 42.5 Å². The SMILES string of the molecule is CCCC(=O)OCC1OC(Oc2ccc(Nc3ccc([N+](=O)[O-])cc3[N+](=O)[O-])cc2)C(OC(=O)CCC)C(OC(=O)CCC)C1OC(=O)CCC. The van der Waals surface area contributed by atoms with Crippen molar-refractivity contribution in [1.82, 2.24) is 0 Å². The lowest BCUT2D eigenvalue weighted by Gasteiger charge is -2.44. The van der Waals surface area contributed by atoms with E-state index in [1.807, 2.05) is 0 Å². The van der Waals surface area contributed by atoms with E-state index in [1.165, 1.54) is 30.3 Å². The average Bonchev–Trinajstić information content (AvgIpc) is 3.07. The Morgan fingerprint density at radius 2 is 1.24 bits per heavy atom. The third-order valence-corrected chi connectivity index (χ3v) is 7.39. The zero-order valence-electron chi connectivity index (χ0n) is 28.9. The van der Waals surface area contributed by atoms with Crippen LogP contribution in [-0.2, 0) is 42.9 Å². The molecule has 0 aromatic heterocycles. The van der Waals surface area contributed by atoms with Gasteiger partial charge in [-0.05, 0) is 56.0 Å². The van der Waals surface area contributed by atoms with Gasteiger partial charge in [-0.1, -0.05) is 27.7 Å². The van der Waals surface area contributed by atoms with E-state index < -0.39 is 82.4 Å². The molecule has 1 aliphatic rings. The van der Waals surface area contributed by atoms with Gasteiger partial charge in [0, 0.05) is 37.4 Å². The molecular weight excluding hydrogens is 674 g/mol. The molecule has 0 saturated carbocycles. The number of nitrogens with one attached hydrogen (secondary N) is 1. The van der Waals surface area contributed by atoms with Gasteiger partial charge in [0.1, 0.15) is 24.1 Å². The number of carbonyl (C=O) groups is 4. The summed E-state index contributed by atoms with van der Waals surface area (Å²) in [6, 6.07) is 9.11. The third-order valence-electron chi connectivity index (χ3n) is 7.39. The molecule has 0 amide bonds. The van der Waals surface area contributed by atoms with Crippen LogP contribution in [0, 0.1) is 20.2 Å². The zero-order chi connectivity index (χ0) is 37.5. The first-order chi connectivity index (χ1) is 24.4. The summed E-state index contributed by atoms with van der Waals surface area (Å²) >= 11 is 0. The maximum Gasteiger partial charge on any atom is 0.306 e. The van der Waals surface area contributed by atoms with Crippen LogP contribution in [0.1, 0.15) is 79.1 Å². The van der Waals surface area contributed by atoms with Crippen molar-refractivity contribution in [3.8, 4) is 5.75 Å². The topological polar surface area (TPSA) is 222 Å². The summed E-state index contributed by atoms with van der Waals surface area (Å²) in [4.78, 5) is 72.1. The quantitative estimate of drug-likeness (QED) is 0.0781. The fourth-order valence-corrected chi connectivity index (χ4v) is 5.00. The molecule has 1 aliphatic heterocycles. The molecule has 1 fully saturated rings. The van der Waals surface area contributed by atoms with Gasteiger partial charge in [0.2, 0.25) is 12.4 Å². The van der Waals surface area contributed by atoms with Gasteiger partial charge in [-0.2, -0.15) is 0 Å². The lowest BCUT2D eigenvalue weighted by molar-refractivity contribution is -0.393. The number of nitro benzene ring substituents is 2. The second-order valence-electron chi connectivity index (χ2n) is 11.6. The van der Waals surface area contributed by atoms with Crippen LogP contribution in [0.2, 0.25) is 0 Å². The Balaban J connectivity index is 1.99. The monoisotopic (exact) mass is 717 g/mol. The number of rotatable bonds is 19. The first kappa shape index (κ1) is 40.1. The van der Waals surface area contributed by atoms with E-state index in [2.05, 4.69) is 5.32 Å². The number of ether oxygens (including phenoxy) is 6. The molecule has 17 heteroatoms. The van der Waals surface area contributed by atoms with Crippen molar-refractivity contribution in [2.45, 2.75) is 110 Å². The number of esters is 4. The Morgan fingerprint density at radius 1 is 0.706 bits per heavy atom. The number of non-ortho nitro benzene ring substituents is 1. The predicted molar refractivity (Wildman–Crippen MR) is 179 cm³/mol. The van der Waals surface area contributed by atoms with E-state index >= 15 is 0 Å². The zero-order valence-corrected chi connectivity index (χ0v) is 28.9. The van der Waals surface area contributed by atoms with E-state index in [1.54, 1.807) is 27.7 Å². The predicted octanol–water partition coefficient (Wildman–Crippen LogP) is 5.83. The maximum absolute atomic E-state index is 12.9. The summed E-state index contributed by atoms with van der Waals surface area (Å²) in [5.41, 5.74) is -0.610. The highest BCUT2D eigenvalue weighted by molar-refractivity contribution is 5.73. The fraction of sp³-hybridized carbons (Fsp3) is 0.529. The summed E-state index contributed by atoms with van der Waals surface area (Å²) in [5, 5.41) is 25.5. The van der Waals surface area contributed by atoms with E-state index in [-0.39, 0.29) is 37.1 Å². The van der Waals surface area contributed by atoms with Crippen LogP contribution in [-0.4, -0.2) is 71.0 Å². The first-order valence-corrected chi connectivity index (χ1v) is 16.8. The Labute approximate surface area is 294 Å². The van der Waals surface area contributed by atoms with Crippen LogP contribution in [0.5, 0.6) is 5.75 Å². The first-order valence-electron chi connectivity index (χ1n) is 16.8. The molecule has 0 spiro atoms. The van der Waals surface area contributed by atoms with E-state index in [0.29, 0.717) is 31.4 Å². The number of benzene rings is 2. The van der Waals surface area contributed by atoms with Crippen molar-refractivity contribution in [3.05, 3.63) is 62.7 Å². The minimum Gasteiger partial charge on any atom is -0.463 e. The Kier molecular flexibility index (Phi) is 15.5. The number of hydrogen-bond donors (Lipinski definition) is 1. The number of anilines is 2. The van der Waals surface area contributed by atoms with Crippen molar-refractivity contribution in [2.75, 3.05) is 11.9 Å². The highest BCUT2D eigenvalue weighted by Crippen LogP contribution is 2.34. The lowest BCUT2D eigenvalue weighted by atomic mass is 9.97. The van der Waals surface area contributed by atoms with Gasteiger partial charge in [0.25, 0.3) is 11.4 Å². The molecule has 278 valence electrons. The Bertz CT molecular complexity index is 1530. The number of nitro groups is 2. The molecule has 1 saturated heterocycles. The van der Waals surface area contributed by atoms with E-state index in [0.717, 1.165) is 12.1 Å². The smallest absolute Gasteiger partial charge is 0.306 e. The van der Waals surface area contributed by atoms with Crippen molar-refractivity contribution in [2.24, 2.45) is 0 Å². The van der Waals surface area contributed by atoms with Crippen molar-refractivity contribution < 1.29 is 57.4 Å². The summed E-state index contributed by atoms with van der Waals surface area (Å²) < 4.78 is 35.0. The molecule has 2 aromatic rings. The van der Waals surface area contributed by atoms with Gasteiger partial charge in [0.15, 0.2) is 12.2 Å².